The second-order valence-electron chi connectivity index (χ2n) is 4.23. The van der Waals surface area contributed by atoms with Crippen LogP contribution in [0, 0.1) is 0 Å². The third-order valence-electron chi connectivity index (χ3n) is 2.94. The topological polar surface area (TPSA) is 68.5 Å². The number of rotatable bonds is 2. The van der Waals surface area contributed by atoms with E-state index in [2.05, 4.69) is 11.9 Å². The Morgan fingerprint density at radius 1 is 1.76 bits per heavy atom. The molecule has 0 saturated carbocycles. The monoisotopic (exact) mass is 255 g/mol. The van der Waals surface area contributed by atoms with Gasteiger partial charge in [-0.15, -0.1) is 11.3 Å². The molecule has 0 aliphatic carbocycles. The molecule has 2 unspecified atom stereocenters. The molecule has 2 rings (SSSR count). The predicted octanol–water partition coefficient (Wildman–Crippen LogP) is 1.36. The summed E-state index contributed by atoms with van der Waals surface area (Å²) in [7, 11) is 0. The third kappa shape index (κ3) is 2.58. The molecular formula is C11H17N3O2S. The van der Waals surface area contributed by atoms with E-state index in [4.69, 9.17) is 10.5 Å². The molecule has 5 nitrogen and oxygen atoms in total. The highest BCUT2D eigenvalue weighted by molar-refractivity contribution is 7.13. The number of nitrogens with two attached hydrogens (primary N) is 1. The Bertz CT molecular complexity index is 407. The molecule has 0 bridgehead atoms. The summed E-state index contributed by atoms with van der Waals surface area (Å²) >= 11 is 1.29. The van der Waals surface area contributed by atoms with Gasteiger partial charge in [-0.25, -0.2) is 4.98 Å². The number of aromatic nitrogens is 1. The lowest BCUT2D eigenvalue weighted by Crippen LogP contribution is -2.51. The Labute approximate surface area is 105 Å². The molecule has 94 valence electrons. The van der Waals surface area contributed by atoms with E-state index in [0.29, 0.717) is 24.0 Å². The molecule has 1 amide bonds. The van der Waals surface area contributed by atoms with Crippen LogP contribution in [0.15, 0.2) is 5.38 Å². The lowest BCUT2D eigenvalue weighted by Gasteiger charge is -2.37. The van der Waals surface area contributed by atoms with Gasteiger partial charge < -0.3 is 15.4 Å². The van der Waals surface area contributed by atoms with Crippen molar-refractivity contribution in [3.8, 4) is 0 Å². The maximum absolute atomic E-state index is 12.3. The van der Waals surface area contributed by atoms with Crippen LogP contribution in [0.5, 0.6) is 0 Å². The first-order valence-corrected chi connectivity index (χ1v) is 6.63. The summed E-state index contributed by atoms with van der Waals surface area (Å²) in [4.78, 5) is 18.2. The van der Waals surface area contributed by atoms with E-state index in [9.17, 15) is 4.79 Å². The van der Waals surface area contributed by atoms with Crippen LogP contribution in [-0.2, 0) is 4.74 Å². The second-order valence-corrected chi connectivity index (χ2v) is 5.12. The molecule has 6 heteroatoms. The summed E-state index contributed by atoms with van der Waals surface area (Å²) in [5, 5.41) is 2.15. The first-order valence-electron chi connectivity index (χ1n) is 5.75. The summed E-state index contributed by atoms with van der Waals surface area (Å²) in [5.74, 6) is -0.0417. The van der Waals surface area contributed by atoms with Gasteiger partial charge in [-0.1, -0.05) is 6.92 Å². The zero-order valence-corrected chi connectivity index (χ0v) is 10.9. The minimum Gasteiger partial charge on any atom is -0.375 e. The van der Waals surface area contributed by atoms with E-state index >= 15 is 0 Å². The van der Waals surface area contributed by atoms with Gasteiger partial charge in [0.15, 0.2) is 5.13 Å². The molecule has 2 N–H and O–H groups in total. The highest BCUT2D eigenvalue weighted by Crippen LogP contribution is 2.19. The number of amides is 1. The molecule has 2 heterocycles. The van der Waals surface area contributed by atoms with Crippen LogP contribution in [0.3, 0.4) is 0 Å². The molecule has 0 radical (unpaired) electrons. The van der Waals surface area contributed by atoms with Crippen molar-refractivity contribution in [3.05, 3.63) is 11.1 Å². The van der Waals surface area contributed by atoms with E-state index in [1.807, 2.05) is 11.8 Å². The molecule has 1 aliphatic rings. The van der Waals surface area contributed by atoms with Gasteiger partial charge in [0.1, 0.15) is 5.69 Å². The molecule has 1 aromatic heterocycles. The molecule has 1 fully saturated rings. The Morgan fingerprint density at radius 2 is 2.53 bits per heavy atom. The van der Waals surface area contributed by atoms with E-state index in [1.54, 1.807) is 5.38 Å². The minimum absolute atomic E-state index is 0.0417. The zero-order valence-electron chi connectivity index (χ0n) is 10.0. The lowest BCUT2D eigenvalue weighted by atomic mass is 10.1. The first kappa shape index (κ1) is 12.3. The number of nitrogen functional groups attached to an aromatic ring is 1. The van der Waals surface area contributed by atoms with Crippen LogP contribution in [0.25, 0.3) is 0 Å². The summed E-state index contributed by atoms with van der Waals surface area (Å²) in [6, 6.07) is 0.140. The van der Waals surface area contributed by atoms with Crippen LogP contribution in [-0.4, -0.2) is 41.1 Å². The van der Waals surface area contributed by atoms with E-state index in [0.717, 1.165) is 6.42 Å². The first-order chi connectivity index (χ1) is 8.11. The summed E-state index contributed by atoms with van der Waals surface area (Å²) in [6.45, 7) is 5.25. The standard InChI is InChI=1S/C11H17N3O2S/c1-3-8-5-16-7(2)4-14(8)10(15)9-6-17-11(12)13-9/h6-8H,3-5H2,1-2H3,(H2,12,13). The van der Waals surface area contributed by atoms with Gasteiger partial charge in [0, 0.05) is 11.9 Å². The molecular weight excluding hydrogens is 238 g/mol. The number of carbonyl (C=O) groups excluding carboxylic acids is 1. The average molecular weight is 255 g/mol. The lowest BCUT2D eigenvalue weighted by molar-refractivity contribution is -0.0445. The molecule has 0 aromatic carbocycles. The Hall–Kier alpha value is -1.14. The fourth-order valence-electron chi connectivity index (χ4n) is 1.96. The molecule has 0 spiro atoms. The van der Waals surface area contributed by atoms with Crippen molar-refractivity contribution < 1.29 is 9.53 Å². The van der Waals surface area contributed by atoms with Gasteiger partial charge >= 0.3 is 0 Å². The Balaban J connectivity index is 2.16. The number of anilines is 1. The van der Waals surface area contributed by atoms with Gasteiger partial charge in [0.05, 0.1) is 18.8 Å². The quantitative estimate of drug-likeness (QED) is 0.866. The van der Waals surface area contributed by atoms with Crippen LogP contribution < -0.4 is 5.73 Å². The van der Waals surface area contributed by atoms with Crippen LogP contribution in [0.1, 0.15) is 30.8 Å². The SMILES string of the molecule is CCC1COC(C)CN1C(=O)c1csc(N)n1. The van der Waals surface area contributed by atoms with Gasteiger partial charge in [0.25, 0.3) is 5.91 Å². The van der Waals surface area contributed by atoms with Gasteiger partial charge in [0.2, 0.25) is 0 Å². The number of nitrogens with zero attached hydrogens (tertiary/aromatic N) is 2. The van der Waals surface area contributed by atoms with Gasteiger partial charge in [-0.2, -0.15) is 0 Å². The maximum atomic E-state index is 12.3. The molecule has 17 heavy (non-hydrogen) atoms. The number of morpholine rings is 1. The van der Waals surface area contributed by atoms with Crippen molar-refractivity contribution in [2.45, 2.75) is 32.4 Å². The van der Waals surface area contributed by atoms with E-state index in [-0.39, 0.29) is 18.1 Å². The van der Waals surface area contributed by atoms with E-state index in [1.165, 1.54) is 11.3 Å². The second kappa shape index (κ2) is 5.01. The fraction of sp³-hybridized carbons (Fsp3) is 0.636. The normalized spacial score (nSPS) is 24.9. The number of hydrogen-bond acceptors (Lipinski definition) is 5. The molecule has 1 aromatic rings. The Kier molecular flexibility index (Phi) is 3.63. The fourth-order valence-corrected chi connectivity index (χ4v) is 2.50. The summed E-state index contributed by atoms with van der Waals surface area (Å²) < 4.78 is 5.57. The highest BCUT2D eigenvalue weighted by Gasteiger charge is 2.30. The van der Waals surface area contributed by atoms with E-state index < -0.39 is 0 Å². The molecule has 1 aliphatic heterocycles. The minimum atomic E-state index is -0.0417. The highest BCUT2D eigenvalue weighted by atomic mass is 32.1. The number of hydrogen-bond donors (Lipinski definition) is 1. The maximum Gasteiger partial charge on any atom is 0.273 e. The van der Waals surface area contributed by atoms with Crippen LogP contribution in [0.2, 0.25) is 0 Å². The number of thiazole rings is 1. The number of carbonyl (C=O) groups is 1. The summed E-state index contributed by atoms with van der Waals surface area (Å²) in [5.41, 5.74) is 6.00. The number of ether oxygens (including phenoxy) is 1. The van der Waals surface area contributed by atoms with Crippen molar-refractivity contribution in [2.75, 3.05) is 18.9 Å². The predicted molar refractivity (Wildman–Crippen MR) is 67.1 cm³/mol. The summed E-state index contributed by atoms with van der Waals surface area (Å²) in [6.07, 6.45) is 0.968. The smallest absolute Gasteiger partial charge is 0.273 e. The van der Waals surface area contributed by atoms with Crippen molar-refractivity contribution in [2.24, 2.45) is 0 Å². The largest absolute Gasteiger partial charge is 0.375 e. The van der Waals surface area contributed by atoms with Crippen LogP contribution >= 0.6 is 11.3 Å². The van der Waals surface area contributed by atoms with Gasteiger partial charge in [-0.05, 0) is 13.3 Å². The average Bonchev–Trinajstić information content (AvgIpc) is 2.75. The molecule has 1 saturated heterocycles. The van der Waals surface area contributed by atoms with Crippen molar-refractivity contribution in [1.29, 1.82) is 0 Å². The van der Waals surface area contributed by atoms with Crippen molar-refractivity contribution in [3.63, 3.8) is 0 Å². The van der Waals surface area contributed by atoms with Crippen molar-refractivity contribution >= 4 is 22.4 Å². The molecule has 2 atom stereocenters. The van der Waals surface area contributed by atoms with Gasteiger partial charge in [-0.3, -0.25) is 4.79 Å². The Morgan fingerprint density at radius 3 is 3.12 bits per heavy atom. The zero-order chi connectivity index (χ0) is 12.4. The van der Waals surface area contributed by atoms with Crippen molar-refractivity contribution in [1.82, 2.24) is 9.88 Å². The van der Waals surface area contributed by atoms with Crippen LogP contribution in [0.4, 0.5) is 5.13 Å². The third-order valence-corrected chi connectivity index (χ3v) is 3.61.